The second-order valence-electron chi connectivity index (χ2n) is 3.63. The molecule has 2 amide bonds. The van der Waals surface area contributed by atoms with Crippen molar-refractivity contribution in [3.63, 3.8) is 0 Å². The van der Waals surface area contributed by atoms with Crippen LogP contribution in [0, 0.1) is 0 Å². The third-order valence-corrected chi connectivity index (χ3v) is 2.42. The molecule has 2 atom stereocenters. The Kier molecular flexibility index (Phi) is 3.46. The molecule has 2 unspecified atom stereocenters. The number of carbonyl (C=O) groups is 2. The van der Waals surface area contributed by atoms with Crippen molar-refractivity contribution in [1.29, 1.82) is 0 Å². The predicted molar refractivity (Wildman–Crippen MR) is 50.5 cm³/mol. The van der Waals surface area contributed by atoms with Crippen LogP contribution in [0.2, 0.25) is 0 Å². The molecule has 1 heterocycles. The fraction of sp³-hybridized carbons (Fsp3) is 0.778. The molecule has 1 aliphatic heterocycles. The van der Waals surface area contributed by atoms with Crippen LogP contribution < -0.4 is 5.32 Å². The summed E-state index contributed by atoms with van der Waals surface area (Å²) in [7, 11) is 0. The van der Waals surface area contributed by atoms with Gasteiger partial charge in [-0.1, -0.05) is 0 Å². The van der Waals surface area contributed by atoms with Crippen LogP contribution in [0.4, 0.5) is 0 Å². The maximum atomic E-state index is 11.0. The Morgan fingerprint density at radius 3 is 2.50 bits per heavy atom. The van der Waals surface area contributed by atoms with Gasteiger partial charge in [0.2, 0.25) is 11.8 Å². The lowest BCUT2D eigenvalue weighted by Gasteiger charge is -2.35. The van der Waals surface area contributed by atoms with E-state index >= 15 is 0 Å². The van der Waals surface area contributed by atoms with Gasteiger partial charge in [0.15, 0.2) is 0 Å². The van der Waals surface area contributed by atoms with Crippen molar-refractivity contribution in [1.82, 2.24) is 10.2 Å². The van der Waals surface area contributed by atoms with Crippen LogP contribution in [-0.4, -0.2) is 47.1 Å². The fourth-order valence-corrected chi connectivity index (χ4v) is 1.65. The molecule has 80 valence electrons. The number of amides is 2. The average Bonchev–Trinajstić information content (AvgIpc) is 2.07. The quantitative estimate of drug-likeness (QED) is 0.576. The zero-order valence-electron chi connectivity index (χ0n) is 8.49. The molecule has 1 fully saturated rings. The molecule has 0 saturated carbocycles. The van der Waals surface area contributed by atoms with E-state index in [0.29, 0.717) is 19.5 Å². The van der Waals surface area contributed by atoms with Crippen LogP contribution in [0.5, 0.6) is 0 Å². The highest BCUT2D eigenvalue weighted by Gasteiger charge is 2.28. The molecule has 0 aromatic rings. The van der Waals surface area contributed by atoms with Crippen molar-refractivity contribution < 1.29 is 14.7 Å². The van der Waals surface area contributed by atoms with Gasteiger partial charge >= 0.3 is 0 Å². The van der Waals surface area contributed by atoms with Gasteiger partial charge in [0, 0.05) is 26.9 Å². The molecule has 14 heavy (non-hydrogen) atoms. The normalized spacial score (nSPS) is 27.2. The highest BCUT2D eigenvalue weighted by Crippen LogP contribution is 2.11. The average molecular weight is 200 g/mol. The summed E-state index contributed by atoms with van der Waals surface area (Å²) in [5.74, 6) is -0.185. The smallest absolute Gasteiger partial charge is 0.219 e. The van der Waals surface area contributed by atoms with Crippen molar-refractivity contribution in [3.05, 3.63) is 0 Å². The zero-order chi connectivity index (χ0) is 10.7. The zero-order valence-corrected chi connectivity index (χ0v) is 8.49. The SMILES string of the molecule is CC(=O)NC1CCN(C(C)=O)CC1O. The van der Waals surface area contributed by atoms with Gasteiger partial charge in [0.25, 0.3) is 0 Å². The first-order chi connectivity index (χ1) is 6.50. The number of β-amino-alcohol motifs (C(OH)–C–C–N with tert-alkyl or cyclic N) is 1. The van der Waals surface area contributed by atoms with E-state index in [-0.39, 0.29) is 17.9 Å². The molecule has 1 rings (SSSR count). The molecule has 0 aromatic heterocycles. The Balaban J connectivity index is 2.47. The van der Waals surface area contributed by atoms with Gasteiger partial charge in [-0.3, -0.25) is 9.59 Å². The van der Waals surface area contributed by atoms with Crippen molar-refractivity contribution >= 4 is 11.8 Å². The Hall–Kier alpha value is -1.10. The fourth-order valence-electron chi connectivity index (χ4n) is 1.65. The summed E-state index contributed by atoms with van der Waals surface area (Å²) in [6, 6.07) is -0.219. The molecule has 5 heteroatoms. The van der Waals surface area contributed by atoms with Crippen LogP contribution in [0.25, 0.3) is 0 Å². The van der Waals surface area contributed by atoms with Crippen molar-refractivity contribution in [2.24, 2.45) is 0 Å². The van der Waals surface area contributed by atoms with E-state index in [1.165, 1.54) is 13.8 Å². The van der Waals surface area contributed by atoms with E-state index in [1.54, 1.807) is 4.90 Å². The molecule has 2 N–H and O–H groups in total. The lowest BCUT2D eigenvalue weighted by Crippen LogP contribution is -2.54. The van der Waals surface area contributed by atoms with Crippen LogP contribution in [0.15, 0.2) is 0 Å². The van der Waals surface area contributed by atoms with E-state index in [0.717, 1.165) is 0 Å². The summed E-state index contributed by atoms with van der Waals surface area (Å²) in [5.41, 5.74) is 0. The molecular formula is C9H16N2O3. The Labute approximate surface area is 83.1 Å². The minimum absolute atomic E-state index is 0.0367. The molecule has 0 bridgehead atoms. The number of hydrogen-bond acceptors (Lipinski definition) is 3. The van der Waals surface area contributed by atoms with Gasteiger partial charge in [0.05, 0.1) is 12.1 Å². The Morgan fingerprint density at radius 1 is 1.43 bits per heavy atom. The summed E-state index contributed by atoms with van der Waals surface area (Å²) < 4.78 is 0. The second kappa shape index (κ2) is 4.41. The molecule has 0 aliphatic carbocycles. The van der Waals surface area contributed by atoms with E-state index in [9.17, 15) is 14.7 Å². The molecule has 5 nitrogen and oxygen atoms in total. The predicted octanol–water partition coefficient (Wildman–Crippen LogP) is -0.896. The summed E-state index contributed by atoms with van der Waals surface area (Å²) in [5, 5.41) is 12.3. The van der Waals surface area contributed by atoms with Crippen LogP contribution in [0.3, 0.4) is 0 Å². The minimum atomic E-state index is -0.656. The van der Waals surface area contributed by atoms with Crippen LogP contribution >= 0.6 is 0 Å². The van der Waals surface area contributed by atoms with Crippen LogP contribution in [0.1, 0.15) is 20.3 Å². The highest BCUT2D eigenvalue weighted by atomic mass is 16.3. The molecule has 0 aromatic carbocycles. The standard InChI is InChI=1S/C9H16N2O3/c1-6(12)10-8-3-4-11(7(2)13)5-9(8)14/h8-9,14H,3-5H2,1-2H3,(H,10,12). The van der Waals surface area contributed by atoms with Gasteiger partial charge in [-0.2, -0.15) is 0 Å². The van der Waals surface area contributed by atoms with Gasteiger partial charge in [0.1, 0.15) is 0 Å². The number of hydrogen-bond donors (Lipinski definition) is 2. The number of piperidine rings is 1. The number of likely N-dealkylation sites (tertiary alicyclic amines) is 1. The van der Waals surface area contributed by atoms with E-state index < -0.39 is 6.10 Å². The van der Waals surface area contributed by atoms with Crippen molar-refractivity contribution in [2.75, 3.05) is 13.1 Å². The van der Waals surface area contributed by atoms with E-state index in [2.05, 4.69) is 5.32 Å². The third-order valence-electron chi connectivity index (χ3n) is 2.42. The van der Waals surface area contributed by atoms with Gasteiger partial charge < -0.3 is 15.3 Å². The summed E-state index contributed by atoms with van der Waals surface area (Å²) in [6.07, 6.45) is -0.0445. The van der Waals surface area contributed by atoms with Gasteiger partial charge in [-0.25, -0.2) is 0 Å². The number of rotatable bonds is 1. The summed E-state index contributed by atoms with van der Waals surface area (Å²) in [4.78, 5) is 23.4. The summed E-state index contributed by atoms with van der Waals surface area (Å²) in [6.45, 7) is 3.80. The topological polar surface area (TPSA) is 69.6 Å². The van der Waals surface area contributed by atoms with Crippen LogP contribution in [-0.2, 0) is 9.59 Å². The lowest BCUT2D eigenvalue weighted by molar-refractivity contribution is -0.133. The largest absolute Gasteiger partial charge is 0.389 e. The molecular weight excluding hydrogens is 184 g/mol. The van der Waals surface area contributed by atoms with E-state index in [4.69, 9.17) is 0 Å². The van der Waals surface area contributed by atoms with Crippen molar-refractivity contribution in [2.45, 2.75) is 32.4 Å². The van der Waals surface area contributed by atoms with Gasteiger partial charge in [-0.15, -0.1) is 0 Å². The highest BCUT2D eigenvalue weighted by molar-refractivity contribution is 5.74. The lowest BCUT2D eigenvalue weighted by atomic mass is 10.0. The Bertz CT molecular complexity index is 242. The number of aliphatic hydroxyl groups is 1. The molecule has 0 radical (unpaired) electrons. The first-order valence-corrected chi connectivity index (χ1v) is 4.71. The minimum Gasteiger partial charge on any atom is -0.389 e. The number of carbonyl (C=O) groups excluding carboxylic acids is 2. The van der Waals surface area contributed by atoms with Crippen molar-refractivity contribution in [3.8, 4) is 0 Å². The number of nitrogens with zero attached hydrogens (tertiary/aromatic N) is 1. The second-order valence-corrected chi connectivity index (χ2v) is 3.63. The number of aliphatic hydroxyl groups excluding tert-OH is 1. The molecule has 0 spiro atoms. The molecule has 1 aliphatic rings. The maximum absolute atomic E-state index is 11.0. The molecule has 1 saturated heterocycles. The summed E-state index contributed by atoms with van der Waals surface area (Å²) >= 11 is 0. The first kappa shape index (κ1) is 11.0. The first-order valence-electron chi connectivity index (χ1n) is 4.71. The van der Waals surface area contributed by atoms with E-state index in [1.807, 2.05) is 0 Å². The maximum Gasteiger partial charge on any atom is 0.219 e. The van der Waals surface area contributed by atoms with Gasteiger partial charge in [-0.05, 0) is 6.42 Å². The third kappa shape index (κ3) is 2.70. The Morgan fingerprint density at radius 2 is 2.07 bits per heavy atom. The number of nitrogens with one attached hydrogen (secondary N) is 1. The monoisotopic (exact) mass is 200 g/mol.